The van der Waals surface area contributed by atoms with E-state index in [1.54, 1.807) is 6.92 Å². The Morgan fingerprint density at radius 3 is 2.40 bits per heavy atom. The molecule has 1 atom stereocenters. The van der Waals surface area contributed by atoms with Crippen molar-refractivity contribution in [2.75, 3.05) is 6.54 Å². The van der Waals surface area contributed by atoms with E-state index in [1.165, 1.54) is 6.92 Å². The molecule has 0 saturated heterocycles. The first-order valence-electron chi connectivity index (χ1n) is 2.96. The minimum absolute atomic E-state index is 0.316. The molecule has 0 aliphatic carbocycles. The Labute approximate surface area is 58.6 Å². The summed E-state index contributed by atoms with van der Waals surface area (Å²) < 4.78 is 0. The maximum Gasteiger partial charge on any atom is 0.327 e. The predicted octanol–water partition coefficient (Wildman–Crippen LogP) is 0.463. The van der Waals surface area contributed by atoms with Gasteiger partial charge < -0.3 is 5.11 Å². The van der Waals surface area contributed by atoms with Crippen LogP contribution in [-0.4, -0.2) is 28.7 Å². The number of likely N-dealkylation sites (N-methyl/N-ethyl adjacent to an activating group) is 1. The van der Waals surface area contributed by atoms with Crippen LogP contribution in [0.2, 0.25) is 0 Å². The summed E-state index contributed by atoms with van der Waals surface area (Å²) in [6.45, 7) is 3.39. The molecule has 0 aliphatic rings. The first-order chi connectivity index (χ1) is 4.63. The Kier molecular flexibility index (Phi) is 3.38. The number of nitroso groups, excluding NO2 is 1. The fourth-order valence-electron chi connectivity index (χ4n) is 0.530. The standard InChI is InChI=1S/C5H10N2O3/c1-3-7(6-10)4(2)5(8)9/h4H,3H2,1-2H3,(H,8,9)/t4-/m1/s1. The van der Waals surface area contributed by atoms with Gasteiger partial charge in [0.05, 0.1) is 5.29 Å². The van der Waals surface area contributed by atoms with Gasteiger partial charge in [0, 0.05) is 6.54 Å². The van der Waals surface area contributed by atoms with E-state index >= 15 is 0 Å². The van der Waals surface area contributed by atoms with E-state index in [9.17, 15) is 9.70 Å². The first-order valence-corrected chi connectivity index (χ1v) is 2.96. The number of hydrogen-bond donors (Lipinski definition) is 1. The second-order valence-corrected chi connectivity index (χ2v) is 1.85. The molecule has 0 spiro atoms. The van der Waals surface area contributed by atoms with Crippen LogP contribution in [0.25, 0.3) is 0 Å². The summed E-state index contributed by atoms with van der Waals surface area (Å²) in [4.78, 5) is 20.1. The summed E-state index contributed by atoms with van der Waals surface area (Å²) in [5, 5.41) is 11.9. The van der Waals surface area contributed by atoms with Gasteiger partial charge >= 0.3 is 5.97 Å². The molecule has 0 unspecified atom stereocenters. The fourth-order valence-corrected chi connectivity index (χ4v) is 0.530. The topological polar surface area (TPSA) is 70.0 Å². The van der Waals surface area contributed by atoms with Crippen LogP contribution >= 0.6 is 0 Å². The average Bonchev–Trinajstić information content (AvgIpc) is 1.90. The van der Waals surface area contributed by atoms with Crippen LogP contribution in [0, 0.1) is 4.91 Å². The van der Waals surface area contributed by atoms with E-state index in [2.05, 4.69) is 5.29 Å². The van der Waals surface area contributed by atoms with E-state index in [0.29, 0.717) is 6.54 Å². The van der Waals surface area contributed by atoms with Crippen LogP contribution < -0.4 is 0 Å². The molecule has 0 radical (unpaired) electrons. The monoisotopic (exact) mass is 146 g/mol. The molecule has 0 saturated carbocycles. The zero-order valence-electron chi connectivity index (χ0n) is 5.94. The maximum atomic E-state index is 10.2. The highest BCUT2D eigenvalue weighted by Crippen LogP contribution is 1.97. The van der Waals surface area contributed by atoms with Gasteiger partial charge in [0.2, 0.25) is 0 Å². The van der Waals surface area contributed by atoms with Crippen molar-refractivity contribution in [1.29, 1.82) is 0 Å². The quantitative estimate of drug-likeness (QED) is 0.462. The van der Waals surface area contributed by atoms with Gasteiger partial charge in [-0.15, -0.1) is 4.91 Å². The molecule has 0 aromatic heterocycles. The molecule has 5 nitrogen and oxygen atoms in total. The van der Waals surface area contributed by atoms with E-state index in [1.807, 2.05) is 0 Å². The first kappa shape index (κ1) is 8.87. The second kappa shape index (κ2) is 3.81. The van der Waals surface area contributed by atoms with Gasteiger partial charge in [-0.2, -0.15) is 0 Å². The van der Waals surface area contributed by atoms with Gasteiger partial charge in [-0.05, 0) is 13.8 Å². The van der Waals surface area contributed by atoms with Crippen molar-refractivity contribution in [1.82, 2.24) is 5.01 Å². The minimum atomic E-state index is -1.04. The summed E-state index contributed by atoms with van der Waals surface area (Å²) in [6.07, 6.45) is 0. The molecule has 0 amide bonds. The molecule has 0 aliphatic heterocycles. The van der Waals surface area contributed by atoms with Gasteiger partial charge in [0.15, 0.2) is 0 Å². The summed E-state index contributed by atoms with van der Waals surface area (Å²) in [5.74, 6) is -1.04. The van der Waals surface area contributed by atoms with Crippen molar-refractivity contribution >= 4 is 5.97 Å². The molecular formula is C5H10N2O3. The number of carbonyl (C=O) groups is 1. The number of carboxylic acids is 1. The number of rotatable bonds is 4. The smallest absolute Gasteiger partial charge is 0.327 e. The van der Waals surface area contributed by atoms with Crippen LogP contribution in [0.4, 0.5) is 0 Å². The van der Waals surface area contributed by atoms with Gasteiger partial charge in [0.1, 0.15) is 6.04 Å². The Morgan fingerprint density at radius 1 is 1.80 bits per heavy atom. The molecule has 58 valence electrons. The third kappa shape index (κ3) is 2.00. The molecule has 0 rings (SSSR count). The molecule has 0 bridgehead atoms. The highest BCUT2D eigenvalue weighted by atomic mass is 16.4. The van der Waals surface area contributed by atoms with Crippen LogP contribution in [0.5, 0.6) is 0 Å². The third-order valence-electron chi connectivity index (χ3n) is 1.23. The second-order valence-electron chi connectivity index (χ2n) is 1.85. The van der Waals surface area contributed by atoms with Crippen molar-refractivity contribution in [2.45, 2.75) is 19.9 Å². The van der Waals surface area contributed by atoms with E-state index in [0.717, 1.165) is 5.01 Å². The zero-order chi connectivity index (χ0) is 8.15. The summed E-state index contributed by atoms with van der Waals surface area (Å²) >= 11 is 0. The molecule has 0 aromatic carbocycles. The van der Waals surface area contributed by atoms with Crippen molar-refractivity contribution in [3.63, 3.8) is 0 Å². The largest absolute Gasteiger partial charge is 0.480 e. The lowest BCUT2D eigenvalue weighted by Gasteiger charge is -2.16. The maximum absolute atomic E-state index is 10.2. The van der Waals surface area contributed by atoms with Gasteiger partial charge in [-0.1, -0.05) is 0 Å². The van der Waals surface area contributed by atoms with Gasteiger partial charge in [-0.3, -0.25) is 0 Å². The average molecular weight is 146 g/mol. The van der Waals surface area contributed by atoms with Crippen LogP contribution in [0.3, 0.4) is 0 Å². The molecule has 0 aromatic rings. The number of carboxylic acid groups (broad SMARTS) is 1. The van der Waals surface area contributed by atoms with Crippen LogP contribution in [-0.2, 0) is 4.79 Å². The van der Waals surface area contributed by atoms with Crippen molar-refractivity contribution in [2.24, 2.45) is 5.29 Å². The third-order valence-corrected chi connectivity index (χ3v) is 1.23. The fraction of sp³-hybridized carbons (Fsp3) is 0.800. The Bertz CT molecular complexity index is 137. The van der Waals surface area contributed by atoms with Crippen molar-refractivity contribution < 1.29 is 9.90 Å². The van der Waals surface area contributed by atoms with E-state index < -0.39 is 12.0 Å². The van der Waals surface area contributed by atoms with Crippen molar-refractivity contribution in [3.8, 4) is 0 Å². The highest BCUT2D eigenvalue weighted by Gasteiger charge is 2.17. The molecule has 5 heteroatoms. The minimum Gasteiger partial charge on any atom is -0.480 e. The summed E-state index contributed by atoms with van der Waals surface area (Å²) in [5.41, 5.74) is 0. The predicted molar refractivity (Wildman–Crippen MR) is 35.3 cm³/mol. The van der Waals surface area contributed by atoms with E-state index in [-0.39, 0.29) is 0 Å². The highest BCUT2D eigenvalue weighted by molar-refractivity contribution is 5.72. The molecule has 10 heavy (non-hydrogen) atoms. The van der Waals surface area contributed by atoms with Crippen molar-refractivity contribution in [3.05, 3.63) is 4.91 Å². The Hall–Kier alpha value is -1.13. The lowest BCUT2D eigenvalue weighted by molar-refractivity contribution is -0.142. The molecule has 0 fully saturated rings. The van der Waals surface area contributed by atoms with Crippen LogP contribution in [0.15, 0.2) is 5.29 Å². The Morgan fingerprint density at radius 2 is 2.30 bits per heavy atom. The molecule has 0 heterocycles. The summed E-state index contributed by atoms with van der Waals surface area (Å²) in [7, 11) is 0. The van der Waals surface area contributed by atoms with E-state index in [4.69, 9.17) is 5.11 Å². The normalized spacial score (nSPS) is 12.2. The molecular weight excluding hydrogens is 136 g/mol. The van der Waals surface area contributed by atoms with Gasteiger partial charge in [0.25, 0.3) is 0 Å². The molecule has 1 N–H and O–H groups in total. The zero-order valence-corrected chi connectivity index (χ0v) is 5.94. The number of aliphatic carboxylic acids is 1. The van der Waals surface area contributed by atoms with Gasteiger partial charge in [-0.25, -0.2) is 9.80 Å². The number of nitrogens with zero attached hydrogens (tertiary/aromatic N) is 2. The SMILES string of the molecule is CCN(N=O)[C@H](C)C(=O)O. The Balaban J connectivity index is 4.00. The lowest BCUT2D eigenvalue weighted by Crippen LogP contribution is -2.34. The summed E-state index contributed by atoms with van der Waals surface area (Å²) in [6, 6.07) is -0.831. The van der Waals surface area contributed by atoms with Crippen LogP contribution in [0.1, 0.15) is 13.8 Å². The lowest BCUT2D eigenvalue weighted by atomic mass is 10.3. The number of hydrogen-bond acceptors (Lipinski definition) is 3.